The van der Waals surface area contributed by atoms with E-state index >= 15 is 0 Å². The molecule has 0 saturated carbocycles. The number of hydrogen-bond acceptors (Lipinski definition) is 3. The van der Waals surface area contributed by atoms with Gasteiger partial charge in [-0.3, -0.25) is 9.48 Å². The van der Waals surface area contributed by atoms with Gasteiger partial charge in [0.2, 0.25) is 0 Å². The molecule has 0 radical (unpaired) electrons. The van der Waals surface area contributed by atoms with Crippen LogP contribution in [0.25, 0.3) is 0 Å². The third-order valence-electron chi connectivity index (χ3n) is 2.76. The fourth-order valence-electron chi connectivity index (χ4n) is 1.98. The van der Waals surface area contributed by atoms with Crippen LogP contribution in [0.1, 0.15) is 18.3 Å². The number of rotatable bonds is 3. The molecule has 3 nitrogen and oxygen atoms in total. The van der Waals surface area contributed by atoms with E-state index in [1.807, 2.05) is 11.6 Å². The van der Waals surface area contributed by atoms with E-state index in [-0.39, 0.29) is 5.92 Å². The van der Waals surface area contributed by atoms with Gasteiger partial charge in [-0.2, -0.15) is 16.9 Å². The SMILES string of the molecule is CCn1nc(C)cc1CC1CSCC1=O. The van der Waals surface area contributed by atoms with Gasteiger partial charge in [-0.05, 0) is 26.3 Å². The van der Waals surface area contributed by atoms with Crippen molar-refractivity contribution in [2.45, 2.75) is 26.8 Å². The zero-order valence-corrected chi connectivity index (χ0v) is 10.0. The van der Waals surface area contributed by atoms with Crippen LogP contribution in [0.15, 0.2) is 6.07 Å². The van der Waals surface area contributed by atoms with E-state index in [2.05, 4.69) is 18.1 Å². The van der Waals surface area contributed by atoms with Gasteiger partial charge in [-0.15, -0.1) is 0 Å². The summed E-state index contributed by atoms with van der Waals surface area (Å²) in [6.45, 7) is 4.97. The maximum atomic E-state index is 11.5. The van der Waals surface area contributed by atoms with Crippen LogP contribution in [0.4, 0.5) is 0 Å². The number of nitrogens with zero attached hydrogens (tertiary/aromatic N) is 2. The smallest absolute Gasteiger partial charge is 0.147 e. The largest absolute Gasteiger partial charge is 0.298 e. The van der Waals surface area contributed by atoms with Gasteiger partial charge in [0.15, 0.2) is 0 Å². The van der Waals surface area contributed by atoms with Crippen molar-refractivity contribution in [2.24, 2.45) is 5.92 Å². The van der Waals surface area contributed by atoms with Crippen molar-refractivity contribution in [3.8, 4) is 0 Å². The van der Waals surface area contributed by atoms with Crippen molar-refractivity contribution in [3.05, 3.63) is 17.5 Å². The summed E-state index contributed by atoms with van der Waals surface area (Å²) >= 11 is 1.75. The Morgan fingerprint density at radius 3 is 3.07 bits per heavy atom. The van der Waals surface area contributed by atoms with Crippen LogP contribution < -0.4 is 0 Å². The van der Waals surface area contributed by atoms with Crippen molar-refractivity contribution >= 4 is 17.5 Å². The lowest BCUT2D eigenvalue weighted by Crippen LogP contribution is -2.16. The van der Waals surface area contributed by atoms with E-state index in [4.69, 9.17) is 0 Å². The molecule has 1 aromatic heterocycles. The number of ketones is 1. The Labute approximate surface area is 94.2 Å². The lowest BCUT2D eigenvalue weighted by molar-refractivity contribution is -0.119. The van der Waals surface area contributed by atoms with E-state index in [1.54, 1.807) is 11.8 Å². The predicted octanol–water partition coefficient (Wildman–Crippen LogP) is 1.69. The second-order valence-corrected chi connectivity index (χ2v) is 5.01. The summed E-state index contributed by atoms with van der Waals surface area (Å²) in [5.41, 5.74) is 2.25. The van der Waals surface area contributed by atoms with Crippen LogP contribution in [-0.4, -0.2) is 27.1 Å². The van der Waals surface area contributed by atoms with Crippen molar-refractivity contribution in [1.29, 1.82) is 0 Å². The standard InChI is InChI=1S/C11H16N2OS/c1-3-13-10(4-8(2)12-13)5-9-6-15-7-11(9)14/h4,9H,3,5-7H2,1-2H3. The molecule has 1 saturated heterocycles. The topological polar surface area (TPSA) is 34.9 Å². The second kappa shape index (κ2) is 4.39. The highest BCUT2D eigenvalue weighted by molar-refractivity contribution is 8.00. The minimum absolute atomic E-state index is 0.219. The highest BCUT2D eigenvalue weighted by Crippen LogP contribution is 2.24. The van der Waals surface area contributed by atoms with Gasteiger partial charge in [0, 0.05) is 23.9 Å². The average molecular weight is 224 g/mol. The fourth-order valence-corrected chi connectivity index (χ4v) is 3.12. The van der Waals surface area contributed by atoms with Crippen molar-refractivity contribution < 1.29 is 4.79 Å². The summed E-state index contributed by atoms with van der Waals surface area (Å²) in [6, 6.07) is 2.10. The molecule has 4 heteroatoms. The molecule has 82 valence electrons. The highest BCUT2D eigenvalue weighted by atomic mass is 32.2. The monoisotopic (exact) mass is 224 g/mol. The number of aryl methyl sites for hydroxylation is 2. The molecule has 1 aliphatic rings. The van der Waals surface area contributed by atoms with Gasteiger partial charge < -0.3 is 0 Å². The van der Waals surface area contributed by atoms with Crippen LogP contribution in [0, 0.1) is 12.8 Å². The minimum atomic E-state index is 0.219. The summed E-state index contributed by atoms with van der Waals surface area (Å²) in [7, 11) is 0. The molecule has 1 atom stereocenters. The molecule has 1 aromatic rings. The first-order valence-corrected chi connectivity index (χ1v) is 6.50. The Balaban J connectivity index is 2.12. The normalized spacial score (nSPS) is 21.2. The van der Waals surface area contributed by atoms with Crippen LogP contribution in [0.2, 0.25) is 0 Å². The van der Waals surface area contributed by atoms with Crippen LogP contribution in [-0.2, 0) is 17.8 Å². The lowest BCUT2D eigenvalue weighted by Gasteiger charge is -2.08. The molecule has 15 heavy (non-hydrogen) atoms. The van der Waals surface area contributed by atoms with Crippen LogP contribution in [0.3, 0.4) is 0 Å². The summed E-state index contributed by atoms with van der Waals surface area (Å²) in [4.78, 5) is 11.5. The molecule has 1 aliphatic heterocycles. The third-order valence-corrected chi connectivity index (χ3v) is 3.89. The van der Waals surface area contributed by atoms with E-state index in [0.717, 1.165) is 24.4 Å². The molecular weight excluding hydrogens is 208 g/mol. The Hall–Kier alpha value is -0.770. The van der Waals surface area contributed by atoms with Crippen molar-refractivity contribution in [2.75, 3.05) is 11.5 Å². The quantitative estimate of drug-likeness (QED) is 0.783. The van der Waals surface area contributed by atoms with E-state index in [9.17, 15) is 4.79 Å². The highest BCUT2D eigenvalue weighted by Gasteiger charge is 2.26. The molecule has 2 rings (SSSR count). The average Bonchev–Trinajstić information content (AvgIpc) is 2.75. The van der Waals surface area contributed by atoms with Gasteiger partial charge in [0.05, 0.1) is 11.4 Å². The van der Waals surface area contributed by atoms with Crippen molar-refractivity contribution in [3.63, 3.8) is 0 Å². The van der Waals surface area contributed by atoms with E-state index in [1.165, 1.54) is 5.69 Å². The number of carbonyl (C=O) groups excluding carboxylic acids is 1. The van der Waals surface area contributed by atoms with Gasteiger partial charge in [0.1, 0.15) is 5.78 Å². The van der Waals surface area contributed by atoms with Gasteiger partial charge >= 0.3 is 0 Å². The molecule has 0 amide bonds. The molecule has 0 N–H and O–H groups in total. The van der Waals surface area contributed by atoms with E-state index < -0.39 is 0 Å². The maximum absolute atomic E-state index is 11.5. The Morgan fingerprint density at radius 2 is 2.47 bits per heavy atom. The summed E-state index contributed by atoms with van der Waals surface area (Å²) in [6.07, 6.45) is 0.862. The molecule has 2 heterocycles. The molecular formula is C11H16N2OS. The minimum Gasteiger partial charge on any atom is -0.298 e. The number of Topliss-reactive ketones (excluding diaryl/α,β-unsaturated/α-hetero) is 1. The first-order valence-electron chi connectivity index (χ1n) is 5.34. The predicted molar refractivity (Wildman–Crippen MR) is 62.2 cm³/mol. The first kappa shape index (κ1) is 10.7. The molecule has 1 unspecified atom stereocenters. The second-order valence-electron chi connectivity index (χ2n) is 3.98. The van der Waals surface area contributed by atoms with Crippen LogP contribution in [0.5, 0.6) is 0 Å². The summed E-state index contributed by atoms with van der Waals surface area (Å²) in [5, 5.41) is 4.39. The molecule has 0 aliphatic carbocycles. The maximum Gasteiger partial charge on any atom is 0.147 e. The van der Waals surface area contributed by atoms with Gasteiger partial charge in [-0.1, -0.05) is 0 Å². The number of thioether (sulfide) groups is 1. The fraction of sp³-hybridized carbons (Fsp3) is 0.636. The zero-order chi connectivity index (χ0) is 10.8. The molecule has 1 fully saturated rings. The van der Waals surface area contributed by atoms with Gasteiger partial charge in [0.25, 0.3) is 0 Å². The van der Waals surface area contributed by atoms with Crippen LogP contribution >= 0.6 is 11.8 Å². The number of carbonyl (C=O) groups is 1. The Morgan fingerprint density at radius 1 is 1.67 bits per heavy atom. The van der Waals surface area contributed by atoms with E-state index in [0.29, 0.717) is 11.5 Å². The van der Waals surface area contributed by atoms with Gasteiger partial charge in [-0.25, -0.2) is 0 Å². The third kappa shape index (κ3) is 2.25. The molecule has 0 aromatic carbocycles. The lowest BCUT2D eigenvalue weighted by atomic mass is 10.0. The molecule has 0 spiro atoms. The Bertz CT molecular complexity index is 373. The molecule has 0 bridgehead atoms. The summed E-state index contributed by atoms with van der Waals surface area (Å²) < 4.78 is 2.01. The zero-order valence-electron chi connectivity index (χ0n) is 9.19. The van der Waals surface area contributed by atoms with Crippen molar-refractivity contribution in [1.82, 2.24) is 9.78 Å². The number of aromatic nitrogens is 2. The Kier molecular flexibility index (Phi) is 3.14. The first-order chi connectivity index (χ1) is 7.20. The number of hydrogen-bond donors (Lipinski definition) is 0. The summed E-state index contributed by atoms with van der Waals surface area (Å²) in [5.74, 6) is 2.30.